The monoisotopic (exact) mass is 171 g/mol. The lowest BCUT2D eigenvalue weighted by atomic mass is 9.94. The lowest BCUT2D eigenvalue weighted by Crippen LogP contribution is -2.22. The van der Waals surface area contributed by atoms with Gasteiger partial charge in [0.2, 0.25) is 0 Å². The Hall–Kier alpha value is -0.0800. The average Bonchev–Trinajstić information content (AvgIpc) is 2.29. The Morgan fingerprint density at radius 3 is 2.58 bits per heavy atom. The molecular weight excluding hydrogens is 150 g/mol. The van der Waals surface area contributed by atoms with Crippen LogP contribution < -0.4 is 0 Å². The van der Waals surface area contributed by atoms with Gasteiger partial charge in [0.1, 0.15) is 0 Å². The third-order valence-electron chi connectivity index (χ3n) is 2.64. The molecule has 2 heteroatoms. The van der Waals surface area contributed by atoms with E-state index in [-0.39, 0.29) is 0 Å². The van der Waals surface area contributed by atoms with Crippen LogP contribution in [0.25, 0.3) is 0 Å². The minimum Gasteiger partial charge on any atom is -0.380 e. The molecule has 1 aliphatic heterocycles. The topological polar surface area (TPSA) is 12.5 Å². The number of nitrogens with zero attached hydrogens (tertiary/aromatic N) is 1. The van der Waals surface area contributed by atoms with Gasteiger partial charge in [0.15, 0.2) is 0 Å². The van der Waals surface area contributed by atoms with Crippen LogP contribution in [0.3, 0.4) is 0 Å². The number of hydrogen-bond acceptors (Lipinski definition) is 2. The van der Waals surface area contributed by atoms with Crippen molar-refractivity contribution in [3.05, 3.63) is 0 Å². The number of hydrogen-bond donors (Lipinski definition) is 0. The molecule has 72 valence electrons. The van der Waals surface area contributed by atoms with Gasteiger partial charge in [0, 0.05) is 20.2 Å². The van der Waals surface area contributed by atoms with Crippen LogP contribution in [0.4, 0.5) is 0 Å². The third-order valence-corrected chi connectivity index (χ3v) is 2.64. The Kier molecular flexibility index (Phi) is 3.53. The summed E-state index contributed by atoms with van der Waals surface area (Å²) in [5.41, 5.74) is 0. The summed E-state index contributed by atoms with van der Waals surface area (Å²) in [7, 11) is 4.00. The summed E-state index contributed by atoms with van der Waals surface area (Å²) in [4.78, 5) is 2.36. The Bertz CT molecular complexity index is 136. The molecule has 12 heavy (non-hydrogen) atoms. The van der Waals surface area contributed by atoms with E-state index in [0.29, 0.717) is 6.10 Å². The predicted molar refractivity (Wildman–Crippen MR) is 51.2 cm³/mol. The second kappa shape index (κ2) is 4.24. The molecule has 0 unspecified atom stereocenters. The molecule has 1 heterocycles. The molecule has 0 N–H and O–H groups in total. The smallest absolute Gasteiger partial charge is 0.0738 e. The highest BCUT2D eigenvalue weighted by Crippen LogP contribution is 2.24. The molecule has 0 radical (unpaired) electrons. The first kappa shape index (κ1) is 10.0. The third kappa shape index (κ3) is 2.46. The molecule has 2 nitrogen and oxygen atoms in total. The molecule has 1 fully saturated rings. The lowest BCUT2D eigenvalue weighted by Gasteiger charge is -2.18. The SMILES string of the molecule is CO[C@@H]1CN(C)C[C@H]1CC(C)C. The van der Waals surface area contributed by atoms with E-state index in [0.717, 1.165) is 18.4 Å². The molecule has 2 atom stereocenters. The van der Waals surface area contributed by atoms with E-state index in [1.54, 1.807) is 0 Å². The summed E-state index contributed by atoms with van der Waals surface area (Å²) in [6, 6.07) is 0. The highest BCUT2D eigenvalue weighted by atomic mass is 16.5. The largest absolute Gasteiger partial charge is 0.380 e. The van der Waals surface area contributed by atoms with Crippen molar-refractivity contribution >= 4 is 0 Å². The highest BCUT2D eigenvalue weighted by molar-refractivity contribution is 4.83. The van der Waals surface area contributed by atoms with Crippen LogP contribution in [-0.4, -0.2) is 38.3 Å². The predicted octanol–water partition coefficient (Wildman–Crippen LogP) is 1.61. The van der Waals surface area contributed by atoms with Crippen molar-refractivity contribution < 1.29 is 4.74 Å². The van der Waals surface area contributed by atoms with Gasteiger partial charge in [-0.3, -0.25) is 0 Å². The second-order valence-corrected chi connectivity index (χ2v) is 4.38. The first-order chi connectivity index (χ1) is 5.63. The van der Waals surface area contributed by atoms with E-state index < -0.39 is 0 Å². The fourth-order valence-corrected chi connectivity index (χ4v) is 2.15. The van der Waals surface area contributed by atoms with Crippen molar-refractivity contribution in [2.75, 3.05) is 27.2 Å². The van der Waals surface area contributed by atoms with Crippen molar-refractivity contribution in [2.24, 2.45) is 11.8 Å². The van der Waals surface area contributed by atoms with Gasteiger partial charge < -0.3 is 9.64 Å². The Morgan fingerprint density at radius 2 is 2.08 bits per heavy atom. The molecule has 0 saturated carbocycles. The Labute approximate surface area is 75.9 Å². The highest BCUT2D eigenvalue weighted by Gasteiger charge is 2.30. The zero-order valence-electron chi connectivity index (χ0n) is 8.71. The van der Waals surface area contributed by atoms with E-state index in [1.807, 2.05) is 7.11 Å². The van der Waals surface area contributed by atoms with Crippen LogP contribution in [0.5, 0.6) is 0 Å². The molecule has 0 aliphatic carbocycles. The zero-order valence-corrected chi connectivity index (χ0v) is 8.71. The van der Waals surface area contributed by atoms with Crippen LogP contribution in [0.2, 0.25) is 0 Å². The zero-order chi connectivity index (χ0) is 9.14. The van der Waals surface area contributed by atoms with E-state index in [9.17, 15) is 0 Å². The van der Waals surface area contributed by atoms with Gasteiger partial charge in [-0.25, -0.2) is 0 Å². The fraction of sp³-hybridized carbons (Fsp3) is 1.00. The summed E-state index contributed by atoms with van der Waals surface area (Å²) in [6.07, 6.45) is 1.76. The van der Waals surface area contributed by atoms with Gasteiger partial charge in [-0.1, -0.05) is 13.8 Å². The standard InChI is InChI=1S/C10H21NO/c1-8(2)5-9-6-11(3)7-10(9)12-4/h8-10H,5-7H2,1-4H3/t9-,10-/m1/s1. The molecule has 1 saturated heterocycles. The molecule has 0 aromatic heterocycles. The number of likely N-dealkylation sites (tertiary alicyclic amines) is 1. The van der Waals surface area contributed by atoms with Crippen LogP contribution in [-0.2, 0) is 4.74 Å². The fourth-order valence-electron chi connectivity index (χ4n) is 2.15. The van der Waals surface area contributed by atoms with Gasteiger partial charge >= 0.3 is 0 Å². The molecule has 0 bridgehead atoms. The summed E-state index contributed by atoms with van der Waals surface area (Å²) in [5.74, 6) is 1.54. The Balaban J connectivity index is 2.40. The number of methoxy groups -OCH3 is 1. The summed E-state index contributed by atoms with van der Waals surface area (Å²) in [5, 5.41) is 0. The molecule has 0 aromatic rings. The summed E-state index contributed by atoms with van der Waals surface area (Å²) >= 11 is 0. The van der Waals surface area contributed by atoms with Gasteiger partial charge in [0.25, 0.3) is 0 Å². The van der Waals surface area contributed by atoms with Crippen LogP contribution in [0.1, 0.15) is 20.3 Å². The normalized spacial score (nSPS) is 31.8. The first-order valence-electron chi connectivity index (χ1n) is 4.84. The maximum Gasteiger partial charge on any atom is 0.0738 e. The first-order valence-corrected chi connectivity index (χ1v) is 4.84. The minimum absolute atomic E-state index is 0.470. The van der Waals surface area contributed by atoms with Gasteiger partial charge in [-0.05, 0) is 25.3 Å². The molecule has 1 rings (SSSR count). The van der Waals surface area contributed by atoms with Crippen LogP contribution in [0.15, 0.2) is 0 Å². The number of ether oxygens (including phenoxy) is 1. The molecule has 0 amide bonds. The van der Waals surface area contributed by atoms with Crippen molar-refractivity contribution in [1.29, 1.82) is 0 Å². The second-order valence-electron chi connectivity index (χ2n) is 4.38. The van der Waals surface area contributed by atoms with Crippen molar-refractivity contribution in [2.45, 2.75) is 26.4 Å². The molecule has 0 spiro atoms. The molecule has 1 aliphatic rings. The van der Waals surface area contributed by atoms with E-state index in [2.05, 4.69) is 25.8 Å². The van der Waals surface area contributed by atoms with E-state index in [1.165, 1.54) is 13.0 Å². The summed E-state index contributed by atoms with van der Waals surface area (Å²) < 4.78 is 5.45. The van der Waals surface area contributed by atoms with Crippen LogP contribution in [0, 0.1) is 11.8 Å². The average molecular weight is 171 g/mol. The lowest BCUT2D eigenvalue weighted by molar-refractivity contribution is 0.0728. The number of rotatable bonds is 3. The quantitative estimate of drug-likeness (QED) is 0.639. The number of likely N-dealkylation sites (N-methyl/N-ethyl adjacent to an activating group) is 1. The van der Waals surface area contributed by atoms with Crippen molar-refractivity contribution in [3.8, 4) is 0 Å². The molecule has 0 aromatic carbocycles. The van der Waals surface area contributed by atoms with E-state index in [4.69, 9.17) is 4.74 Å². The minimum atomic E-state index is 0.470. The van der Waals surface area contributed by atoms with Crippen LogP contribution >= 0.6 is 0 Å². The maximum atomic E-state index is 5.45. The van der Waals surface area contributed by atoms with Gasteiger partial charge in [0.05, 0.1) is 6.10 Å². The Morgan fingerprint density at radius 1 is 1.42 bits per heavy atom. The molecular formula is C10H21NO. The van der Waals surface area contributed by atoms with E-state index >= 15 is 0 Å². The van der Waals surface area contributed by atoms with Gasteiger partial charge in [-0.2, -0.15) is 0 Å². The van der Waals surface area contributed by atoms with Crippen molar-refractivity contribution in [1.82, 2.24) is 4.90 Å². The maximum absolute atomic E-state index is 5.45. The van der Waals surface area contributed by atoms with Crippen molar-refractivity contribution in [3.63, 3.8) is 0 Å². The van der Waals surface area contributed by atoms with Gasteiger partial charge in [-0.15, -0.1) is 0 Å². The summed E-state index contributed by atoms with van der Waals surface area (Å²) in [6.45, 7) is 6.88.